The van der Waals surface area contributed by atoms with E-state index in [4.69, 9.17) is 4.74 Å². The molecule has 18 heavy (non-hydrogen) atoms. The van der Waals surface area contributed by atoms with Gasteiger partial charge in [-0.2, -0.15) is 0 Å². The molecule has 1 atom stereocenters. The molecule has 94 valence electrons. The largest absolute Gasteiger partial charge is 0.370 e. The minimum absolute atomic E-state index is 0.0157. The van der Waals surface area contributed by atoms with E-state index in [1.165, 1.54) is 0 Å². The van der Waals surface area contributed by atoms with Crippen LogP contribution in [0.3, 0.4) is 0 Å². The summed E-state index contributed by atoms with van der Waals surface area (Å²) >= 11 is 3.40. The summed E-state index contributed by atoms with van der Waals surface area (Å²) in [7, 11) is 1.76. The number of hydrogen-bond donors (Lipinski definition) is 0. The summed E-state index contributed by atoms with van der Waals surface area (Å²) in [5.74, 6) is 0.725. The van der Waals surface area contributed by atoms with Gasteiger partial charge in [0.1, 0.15) is 11.9 Å². The monoisotopic (exact) mass is 308 g/mol. The molecule has 0 radical (unpaired) electrons. The molecule has 2 heterocycles. The minimum Gasteiger partial charge on any atom is -0.370 e. The number of rotatable bonds is 1. The molecule has 0 aliphatic carbocycles. The highest BCUT2D eigenvalue weighted by molar-refractivity contribution is 9.10. The van der Waals surface area contributed by atoms with Crippen LogP contribution in [0.5, 0.6) is 0 Å². The molecule has 1 fully saturated rings. The van der Waals surface area contributed by atoms with Gasteiger partial charge in [-0.3, -0.25) is 9.36 Å². The zero-order valence-electron chi connectivity index (χ0n) is 10.0. The van der Waals surface area contributed by atoms with Crippen LogP contribution in [0.15, 0.2) is 27.5 Å². The molecule has 0 N–H and O–H groups in total. The van der Waals surface area contributed by atoms with Crippen LogP contribution in [0.1, 0.15) is 24.8 Å². The van der Waals surface area contributed by atoms with Gasteiger partial charge in [-0.25, -0.2) is 4.98 Å². The second-order valence-electron chi connectivity index (χ2n) is 4.50. The fraction of sp³-hybridized carbons (Fsp3) is 0.385. The Morgan fingerprint density at radius 2 is 2.33 bits per heavy atom. The number of nitrogens with zero attached hydrogens (tertiary/aromatic N) is 2. The number of aromatic nitrogens is 2. The lowest BCUT2D eigenvalue weighted by Crippen LogP contribution is -2.24. The van der Waals surface area contributed by atoms with E-state index in [0.29, 0.717) is 5.39 Å². The lowest BCUT2D eigenvalue weighted by molar-refractivity contribution is 0.102. The Morgan fingerprint density at radius 1 is 1.50 bits per heavy atom. The van der Waals surface area contributed by atoms with Crippen LogP contribution in [0, 0.1) is 0 Å². The quantitative estimate of drug-likeness (QED) is 0.813. The number of ether oxygens (including phenoxy) is 1. The number of hydrogen-bond acceptors (Lipinski definition) is 3. The first-order valence-electron chi connectivity index (χ1n) is 5.94. The Kier molecular flexibility index (Phi) is 2.95. The van der Waals surface area contributed by atoms with Crippen molar-refractivity contribution in [2.24, 2.45) is 7.05 Å². The average Bonchev–Trinajstić information content (AvgIpc) is 2.87. The van der Waals surface area contributed by atoms with E-state index >= 15 is 0 Å². The highest BCUT2D eigenvalue weighted by Gasteiger charge is 2.22. The zero-order chi connectivity index (χ0) is 12.7. The Balaban J connectivity index is 2.26. The molecule has 1 aliphatic heterocycles. The molecule has 5 heteroatoms. The summed E-state index contributed by atoms with van der Waals surface area (Å²) in [4.78, 5) is 16.9. The van der Waals surface area contributed by atoms with Crippen molar-refractivity contribution in [3.05, 3.63) is 38.9 Å². The molecule has 4 nitrogen and oxygen atoms in total. The molecule has 1 unspecified atom stereocenters. The van der Waals surface area contributed by atoms with Crippen molar-refractivity contribution >= 4 is 26.8 Å². The van der Waals surface area contributed by atoms with Crippen molar-refractivity contribution < 1.29 is 4.74 Å². The maximum atomic E-state index is 12.3. The van der Waals surface area contributed by atoms with Gasteiger partial charge in [0, 0.05) is 18.1 Å². The second-order valence-corrected chi connectivity index (χ2v) is 5.41. The standard InChI is InChI=1S/C13H13BrN2O2/c1-16-12(11-3-2-6-18-11)15-10-7-8(14)4-5-9(10)13(16)17/h4-5,7,11H,2-3,6H2,1H3. The summed E-state index contributed by atoms with van der Waals surface area (Å²) < 4.78 is 8.15. The van der Waals surface area contributed by atoms with Crippen LogP contribution in [-0.2, 0) is 11.8 Å². The summed E-state index contributed by atoms with van der Waals surface area (Å²) in [6.45, 7) is 0.747. The summed E-state index contributed by atoms with van der Waals surface area (Å²) in [5, 5.41) is 0.641. The van der Waals surface area contributed by atoms with Gasteiger partial charge < -0.3 is 4.74 Å². The topological polar surface area (TPSA) is 44.1 Å². The normalized spacial score (nSPS) is 19.6. The van der Waals surface area contributed by atoms with E-state index in [1.54, 1.807) is 17.7 Å². The molecular formula is C13H13BrN2O2. The second kappa shape index (κ2) is 4.48. The van der Waals surface area contributed by atoms with Crippen molar-refractivity contribution in [2.75, 3.05) is 6.61 Å². The van der Waals surface area contributed by atoms with Crippen molar-refractivity contribution in [2.45, 2.75) is 18.9 Å². The van der Waals surface area contributed by atoms with Gasteiger partial charge in [-0.05, 0) is 31.0 Å². The molecular weight excluding hydrogens is 296 g/mol. The van der Waals surface area contributed by atoms with Crippen molar-refractivity contribution in [1.29, 1.82) is 0 Å². The van der Waals surface area contributed by atoms with Crippen LogP contribution >= 0.6 is 15.9 Å². The van der Waals surface area contributed by atoms with Crippen LogP contribution in [0.2, 0.25) is 0 Å². The average molecular weight is 309 g/mol. The highest BCUT2D eigenvalue weighted by Crippen LogP contribution is 2.27. The predicted molar refractivity (Wildman–Crippen MR) is 72.6 cm³/mol. The van der Waals surface area contributed by atoms with Crippen molar-refractivity contribution in [1.82, 2.24) is 9.55 Å². The van der Waals surface area contributed by atoms with E-state index in [9.17, 15) is 4.79 Å². The van der Waals surface area contributed by atoms with Gasteiger partial charge in [0.25, 0.3) is 5.56 Å². The van der Waals surface area contributed by atoms with E-state index in [-0.39, 0.29) is 11.7 Å². The first kappa shape index (κ1) is 11.9. The van der Waals surface area contributed by atoms with Crippen LogP contribution in [0.4, 0.5) is 0 Å². The van der Waals surface area contributed by atoms with Crippen LogP contribution in [-0.4, -0.2) is 16.2 Å². The van der Waals surface area contributed by atoms with Crippen LogP contribution < -0.4 is 5.56 Å². The molecule has 3 rings (SSSR count). The lowest BCUT2D eigenvalue weighted by atomic mass is 10.2. The third-order valence-electron chi connectivity index (χ3n) is 3.29. The first-order valence-corrected chi connectivity index (χ1v) is 6.74. The number of fused-ring (bicyclic) bond motifs is 1. The van der Waals surface area contributed by atoms with Crippen molar-refractivity contribution in [3.8, 4) is 0 Å². The number of benzene rings is 1. The van der Waals surface area contributed by atoms with Crippen LogP contribution in [0.25, 0.3) is 10.9 Å². The van der Waals surface area contributed by atoms with Gasteiger partial charge in [-0.15, -0.1) is 0 Å². The molecule has 0 spiro atoms. The van der Waals surface area contributed by atoms with Gasteiger partial charge in [0.2, 0.25) is 0 Å². The third kappa shape index (κ3) is 1.87. The van der Waals surface area contributed by atoms with E-state index < -0.39 is 0 Å². The highest BCUT2D eigenvalue weighted by atomic mass is 79.9. The summed E-state index contributed by atoms with van der Waals surface area (Å²) in [5.41, 5.74) is 0.705. The molecule has 0 amide bonds. The van der Waals surface area contributed by atoms with Gasteiger partial charge >= 0.3 is 0 Å². The predicted octanol–water partition coefficient (Wildman–Crippen LogP) is 2.55. The van der Waals surface area contributed by atoms with Gasteiger partial charge in [0.05, 0.1) is 10.9 Å². The maximum Gasteiger partial charge on any atom is 0.261 e. The molecule has 1 aliphatic rings. The molecule has 0 saturated carbocycles. The van der Waals surface area contributed by atoms with Gasteiger partial charge in [-0.1, -0.05) is 15.9 Å². The Labute approximate surface area is 113 Å². The summed E-state index contributed by atoms with van der Waals surface area (Å²) in [6.07, 6.45) is 1.91. The number of halogens is 1. The molecule has 2 aromatic rings. The third-order valence-corrected chi connectivity index (χ3v) is 3.78. The molecule has 0 bridgehead atoms. The zero-order valence-corrected chi connectivity index (χ0v) is 11.6. The van der Waals surface area contributed by atoms with E-state index in [1.807, 2.05) is 12.1 Å². The fourth-order valence-corrected chi connectivity index (χ4v) is 2.68. The first-order chi connectivity index (χ1) is 8.66. The van der Waals surface area contributed by atoms with E-state index in [0.717, 1.165) is 35.3 Å². The molecule has 1 aromatic heterocycles. The summed E-state index contributed by atoms with van der Waals surface area (Å²) in [6, 6.07) is 5.53. The lowest BCUT2D eigenvalue weighted by Gasteiger charge is -2.14. The SMILES string of the molecule is Cn1c(C2CCCO2)nc2cc(Br)ccc2c1=O. The fourth-order valence-electron chi connectivity index (χ4n) is 2.33. The minimum atomic E-state index is -0.0499. The Hall–Kier alpha value is -1.20. The Bertz CT molecular complexity index is 660. The Morgan fingerprint density at radius 3 is 3.06 bits per heavy atom. The maximum absolute atomic E-state index is 12.3. The van der Waals surface area contributed by atoms with Crippen molar-refractivity contribution in [3.63, 3.8) is 0 Å². The molecule has 1 aromatic carbocycles. The van der Waals surface area contributed by atoms with E-state index in [2.05, 4.69) is 20.9 Å². The smallest absolute Gasteiger partial charge is 0.261 e. The van der Waals surface area contributed by atoms with Gasteiger partial charge in [0.15, 0.2) is 0 Å². The molecule has 1 saturated heterocycles.